The molecule has 4 aromatic rings. The highest BCUT2D eigenvalue weighted by Crippen LogP contribution is 2.55. The number of aliphatic imine (C=N–C) groups is 1. The summed E-state index contributed by atoms with van der Waals surface area (Å²) in [5.41, 5.74) is 3.39. The summed E-state index contributed by atoms with van der Waals surface area (Å²) < 4.78 is 12.0. The van der Waals surface area contributed by atoms with E-state index < -0.39 is 11.1 Å². The number of nitrogens with zero attached hydrogens (tertiary/aromatic N) is 4. The van der Waals surface area contributed by atoms with Gasteiger partial charge in [-0.05, 0) is 54.8 Å². The molecule has 2 aliphatic rings. The van der Waals surface area contributed by atoms with Gasteiger partial charge in [-0.2, -0.15) is 5.26 Å². The third-order valence-electron chi connectivity index (χ3n) is 7.51. The van der Waals surface area contributed by atoms with Gasteiger partial charge in [0.2, 0.25) is 5.72 Å². The quantitative estimate of drug-likeness (QED) is 0.352. The zero-order chi connectivity index (χ0) is 25.8. The standard InChI is InChI=1S/C30H24N4O3/c1-29(2)24-13-20(19-7-5-4-6-8-19)9-10-26(24)34(17-27(35)36-3)30(29)18-33-25-14-21(15-31)22-11-12-32-16-23(22)28(25)37-30/h4-14,16,18H,17H2,1-3H3. The van der Waals surface area contributed by atoms with Crippen molar-refractivity contribution in [1.29, 1.82) is 5.26 Å². The lowest BCUT2D eigenvalue weighted by Gasteiger charge is -2.46. The first kappa shape index (κ1) is 22.7. The normalized spacial score (nSPS) is 18.7. The summed E-state index contributed by atoms with van der Waals surface area (Å²) in [6.07, 6.45) is 5.10. The molecule has 0 fully saturated rings. The summed E-state index contributed by atoms with van der Waals surface area (Å²) in [7, 11) is 1.38. The number of pyridine rings is 1. The van der Waals surface area contributed by atoms with Gasteiger partial charge < -0.3 is 14.4 Å². The molecule has 1 aromatic heterocycles. The Morgan fingerprint density at radius 3 is 2.65 bits per heavy atom. The molecule has 0 saturated carbocycles. The number of hydrogen-bond acceptors (Lipinski definition) is 7. The van der Waals surface area contributed by atoms with Gasteiger partial charge in [-0.1, -0.05) is 36.4 Å². The fourth-order valence-corrected chi connectivity index (χ4v) is 5.46. The van der Waals surface area contributed by atoms with E-state index in [0.29, 0.717) is 22.4 Å². The number of methoxy groups -OCH3 is 1. The molecule has 2 aliphatic heterocycles. The first-order chi connectivity index (χ1) is 17.9. The van der Waals surface area contributed by atoms with E-state index in [1.54, 1.807) is 30.7 Å². The molecule has 1 unspecified atom stereocenters. The second kappa shape index (κ2) is 8.17. The molecule has 1 atom stereocenters. The fourth-order valence-electron chi connectivity index (χ4n) is 5.46. The molecule has 3 aromatic carbocycles. The topological polar surface area (TPSA) is 87.8 Å². The number of carbonyl (C=O) groups excluding carboxylic acids is 1. The highest BCUT2D eigenvalue weighted by molar-refractivity contribution is 6.00. The van der Waals surface area contributed by atoms with Crippen molar-refractivity contribution in [2.45, 2.75) is 25.0 Å². The Bertz CT molecular complexity index is 1640. The fraction of sp³-hybridized carbons (Fsp3) is 0.200. The van der Waals surface area contributed by atoms with E-state index in [0.717, 1.165) is 27.8 Å². The van der Waals surface area contributed by atoms with Crippen molar-refractivity contribution >= 4 is 34.3 Å². The van der Waals surface area contributed by atoms with Crippen molar-refractivity contribution in [3.8, 4) is 22.9 Å². The second-order valence-corrected chi connectivity index (χ2v) is 9.75. The average Bonchev–Trinajstić information content (AvgIpc) is 3.11. The maximum Gasteiger partial charge on any atom is 0.325 e. The van der Waals surface area contributed by atoms with Crippen molar-refractivity contribution in [2.24, 2.45) is 4.99 Å². The van der Waals surface area contributed by atoms with Crippen LogP contribution in [0, 0.1) is 11.3 Å². The van der Waals surface area contributed by atoms with Crippen molar-refractivity contribution in [3.05, 3.63) is 84.2 Å². The third-order valence-corrected chi connectivity index (χ3v) is 7.51. The predicted molar refractivity (Wildman–Crippen MR) is 142 cm³/mol. The number of hydrogen-bond donors (Lipinski definition) is 0. The van der Waals surface area contributed by atoms with E-state index in [4.69, 9.17) is 14.5 Å². The maximum absolute atomic E-state index is 12.6. The van der Waals surface area contributed by atoms with E-state index in [9.17, 15) is 10.1 Å². The number of fused-ring (bicyclic) bond motifs is 4. The summed E-state index contributed by atoms with van der Waals surface area (Å²) in [5.74, 6) is 0.146. The van der Waals surface area contributed by atoms with Crippen LogP contribution in [-0.2, 0) is 14.9 Å². The molecule has 37 heavy (non-hydrogen) atoms. The van der Waals surface area contributed by atoms with E-state index in [2.05, 4.69) is 49.2 Å². The monoisotopic (exact) mass is 488 g/mol. The highest BCUT2D eigenvalue weighted by atomic mass is 16.5. The summed E-state index contributed by atoms with van der Waals surface area (Å²) >= 11 is 0. The first-order valence-corrected chi connectivity index (χ1v) is 12.0. The predicted octanol–water partition coefficient (Wildman–Crippen LogP) is 5.54. The number of anilines is 1. The van der Waals surface area contributed by atoms with Crippen molar-refractivity contribution in [2.75, 3.05) is 18.6 Å². The lowest BCUT2D eigenvalue weighted by Crippen LogP contribution is -2.63. The molecule has 7 nitrogen and oxygen atoms in total. The molecule has 0 aliphatic carbocycles. The Morgan fingerprint density at radius 2 is 1.89 bits per heavy atom. The van der Waals surface area contributed by atoms with Gasteiger partial charge in [0.05, 0.1) is 30.4 Å². The van der Waals surface area contributed by atoms with E-state index in [1.165, 1.54) is 7.11 Å². The van der Waals surface area contributed by atoms with Gasteiger partial charge >= 0.3 is 5.97 Å². The van der Waals surface area contributed by atoms with Gasteiger partial charge in [0.15, 0.2) is 5.75 Å². The maximum atomic E-state index is 12.6. The van der Waals surface area contributed by atoms with E-state index in [1.807, 2.05) is 29.2 Å². The van der Waals surface area contributed by atoms with Crippen LogP contribution >= 0.6 is 0 Å². The van der Waals surface area contributed by atoms with Crippen LogP contribution in [0.4, 0.5) is 11.4 Å². The van der Waals surface area contributed by atoms with Crippen LogP contribution in [0.15, 0.2) is 78.0 Å². The Balaban J connectivity index is 1.56. The minimum atomic E-state index is -1.12. The summed E-state index contributed by atoms with van der Waals surface area (Å²) in [5, 5.41) is 11.1. The largest absolute Gasteiger partial charge is 0.468 e. The molecule has 0 saturated heterocycles. The minimum Gasteiger partial charge on any atom is -0.468 e. The molecule has 182 valence electrons. The SMILES string of the molecule is COC(=O)CN1c2ccc(-c3ccccc3)cc2C(C)(C)C12C=Nc1cc(C#N)c3ccncc3c1O2. The second-order valence-electron chi connectivity index (χ2n) is 9.75. The Labute approximate surface area is 214 Å². The lowest BCUT2D eigenvalue weighted by molar-refractivity contribution is -0.139. The summed E-state index contributed by atoms with van der Waals surface area (Å²) in [6.45, 7) is 4.17. The molecule has 0 radical (unpaired) electrons. The highest BCUT2D eigenvalue weighted by Gasteiger charge is 2.60. The van der Waals surface area contributed by atoms with Gasteiger partial charge in [-0.25, -0.2) is 0 Å². The zero-order valence-corrected chi connectivity index (χ0v) is 20.7. The van der Waals surface area contributed by atoms with Crippen LogP contribution in [0.25, 0.3) is 21.9 Å². The zero-order valence-electron chi connectivity index (χ0n) is 20.7. The van der Waals surface area contributed by atoms with Crippen molar-refractivity contribution < 1.29 is 14.3 Å². The average molecular weight is 489 g/mol. The molecule has 3 heterocycles. The van der Waals surface area contributed by atoms with Gasteiger partial charge in [0, 0.05) is 28.9 Å². The van der Waals surface area contributed by atoms with Crippen LogP contribution in [0.3, 0.4) is 0 Å². The molecule has 7 heteroatoms. The van der Waals surface area contributed by atoms with Crippen molar-refractivity contribution in [3.63, 3.8) is 0 Å². The van der Waals surface area contributed by atoms with Crippen LogP contribution in [0.5, 0.6) is 5.75 Å². The molecule has 0 bridgehead atoms. The van der Waals surface area contributed by atoms with Gasteiger partial charge in [-0.15, -0.1) is 0 Å². The summed E-state index contributed by atoms with van der Waals surface area (Å²) in [6, 6.07) is 22.2. The number of nitriles is 1. The van der Waals surface area contributed by atoms with Crippen LogP contribution in [0.2, 0.25) is 0 Å². The Kier molecular flexibility index (Phi) is 5.02. The molecule has 0 amide bonds. The Morgan fingerprint density at radius 1 is 1.08 bits per heavy atom. The van der Waals surface area contributed by atoms with Gasteiger partial charge in [0.1, 0.15) is 12.2 Å². The Hall–Kier alpha value is -4.70. The van der Waals surface area contributed by atoms with Crippen LogP contribution in [-0.4, -0.2) is 36.5 Å². The summed E-state index contributed by atoms with van der Waals surface area (Å²) in [4.78, 5) is 23.7. The number of rotatable bonds is 3. The smallest absolute Gasteiger partial charge is 0.325 e. The van der Waals surface area contributed by atoms with Gasteiger partial charge in [0.25, 0.3) is 0 Å². The van der Waals surface area contributed by atoms with Crippen LogP contribution in [0.1, 0.15) is 25.0 Å². The number of aromatic nitrogens is 1. The third kappa shape index (κ3) is 3.22. The number of esters is 1. The molecule has 0 N–H and O–H groups in total. The van der Waals surface area contributed by atoms with Crippen molar-refractivity contribution in [1.82, 2.24) is 4.98 Å². The van der Waals surface area contributed by atoms with Crippen LogP contribution < -0.4 is 9.64 Å². The minimum absolute atomic E-state index is 0.0224. The number of benzene rings is 3. The first-order valence-electron chi connectivity index (χ1n) is 12.0. The molecular formula is C30H24N4O3. The number of carbonyl (C=O) groups is 1. The van der Waals surface area contributed by atoms with E-state index in [-0.39, 0.29) is 12.5 Å². The van der Waals surface area contributed by atoms with Gasteiger partial charge in [-0.3, -0.25) is 14.8 Å². The molecular weight excluding hydrogens is 464 g/mol. The lowest BCUT2D eigenvalue weighted by atomic mass is 9.76. The van der Waals surface area contributed by atoms with E-state index >= 15 is 0 Å². The molecule has 6 rings (SSSR count). The number of ether oxygens (including phenoxy) is 2. The molecule has 1 spiro atoms.